The van der Waals surface area contributed by atoms with Gasteiger partial charge in [0, 0.05) is 15.8 Å². The number of hydrogen-bond acceptors (Lipinski definition) is 1. The largest absolute Gasteiger partial charge is 0.298 e. The molecule has 0 radical (unpaired) electrons. The zero-order valence-electron chi connectivity index (χ0n) is 9.11. The van der Waals surface area contributed by atoms with Crippen LogP contribution in [-0.2, 0) is 6.54 Å². The van der Waals surface area contributed by atoms with Crippen LogP contribution < -0.4 is 0 Å². The molecule has 0 amide bonds. The van der Waals surface area contributed by atoms with Crippen LogP contribution in [0.4, 0.5) is 0 Å². The highest BCUT2D eigenvalue weighted by Gasteiger charge is 1.95. The lowest BCUT2D eigenvalue weighted by atomic mass is 10.2. The van der Waals surface area contributed by atoms with Gasteiger partial charge in [0.05, 0.1) is 0 Å². The molecule has 1 aromatic carbocycles. The van der Waals surface area contributed by atoms with Crippen molar-refractivity contribution >= 4 is 0 Å². The second-order valence-corrected chi connectivity index (χ2v) is 2.70. The third-order valence-electron chi connectivity index (χ3n) is 1.59. The van der Waals surface area contributed by atoms with Crippen molar-refractivity contribution in [3.8, 4) is 0 Å². The molecule has 12 heavy (non-hydrogen) atoms. The van der Waals surface area contributed by atoms with Gasteiger partial charge in [-0.15, -0.1) is 6.58 Å². The maximum Gasteiger partial charge on any atom is 0.0394 e. The number of likely N-dealkylation sites (N-methyl/N-ethyl adjacent to an activating group) is 1. The summed E-state index contributed by atoms with van der Waals surface area (Å²) < 4.78 is 14.7. The van der Waals surface area contributed by atoms with Gasteiger partial charge in [0.25, 0.3) is 0 Å². The van der Waals surface area contributed by atoms with Crippen LogP contribution in [0, 0.1) is 0 Å². The first-order valence-corrected chi connectivity index (χ1v) is 3.97. The Morgan fingerprint density at radius 2 is 2.25 bits per heavy atom. The highest BCUT2D eigenvalue weighted by molar-refractivity contribution is 5.14. The summed E-state index contributed by atoms with van der Waals surface area (Å²) in [5.41, 5.74) is 1.12. The Labute approximate surface area is 77.1 Å². The molecular formula is C11H15N. The lowest BCUT2D eigenvalue weighted by Crippen LogP contribution is -2.17. The van der Waals surface area contributed by atoms with Crippen LogP contribution in [0.5, 0.6) is 0 Å². The Bertz CT molecular complexity index is 272. The molecule has 0 unspecified atom stereocenters. The van der Waals surface area contributed by atoms with Crippen molar-refractivity contribution < 1.29 is 2.74 Å². The maximum absolute atomic E-state index is 7.33. The van der Waals surface area contributed by atoms with E-state index >= 15 is 0 Å². The highest BCUT2D eigenvalue weighted by Crippen LogP contribution is 2.01. The Morgan fingerprint density at radius 3 is 2.83 bits per heavy atom. The van der Waals surface area contributed by atoms with E-state index in [-0.39, 0.29) is 0 Å². The van der Waals surface area contributed by atoms with E-state index in [1.54, 1.807) is 11.0 Å². The summed E-state index contributed by atoms with van der Waals surface area (Å²) in [6.07, 6.45) is 1.72. The highest BCUT2D eigenvalue weighted by atomic mass is 15.1. The molecule has 1 heteroatoms. The molecule has 0 aliphatic carbocycles. The minimum absolute atomic E-state index is 0.576. The summed E-state index contributed by atoms with van der Waals surface area (Å²) in [5.74, 6) is 0. The van der Waals surface area contributed by atoms with E-state index in [9.17, 15) is 0 Å². The molecule has 0 atom stereocenters. The first-order valence-electron chi connectivity index (χ1n) is 5.13. The van der Waals surface area contributed by atoms with Crippen LogP contribution in [0.1, 0.15) is 8.30 Å². The topological polar surface area (TPSA) is 3.24 Å². The molecule has 0 aliphatic rings. The molecule has 0 spiro atoms. The zero-order valence-corrected chi connectivity index (χ0v) is 7.11. The summed E-state index contributed by atoms with van der Waals surface area (Å²) in [6, 6.07) is 9.88. The second-order valence-electron chi connectivity index (χ2n) is 2.70. The predicted molar refractivity (Wildman–Crippen MR) is 53.0 cm³/mol. The third kappa shape index (κ3) is 2.89. The van der Waals surface area contributed by atoms with Gasteiger partial charge in [0.1, 0.15) is 0 Å². The second kappa shape index (κ2) is 4.73. The Kier molecular flexibility index (Phi) is 2.54. The molecule has 0 N–H and O–H groups in total. The van der Waals surface area contributed by atoms with Gasteiger partial charge in [-0.2, -0.15) is 0 Å². The first kappa shape index (κ1) is 6.44. The van der Waals surface area contributed by atoms with Gasteiger partial charge in [-0.1, -0.05) is 36.4 Å². The molecule has 0 aromatic heterocycles. The van der Waals surface area contributed by atoms with Gasteiger partial charge in [-0.25, -0.2) is 0 Å². The minimum Gasteiger partial charge on any atom is -0.298 e. The zero-order chi connectivity index (χ0) is 10.4. The summed E-state index contributed by atoms with van der Waals surface area (Å²) in [7, 11) is 0. The fourth-order valence-corrected chi connectivity index (χ4v) is 1.05. The summed E-state index contributed by atoms with van der Waals surface area (Å²) in [6.45, 7) is 3.88. The fraction of sp³-hybridized carbons (Fsp3) is 0.273. The maximum atomic E-state index is 7.33. The molecule has 0 fully saturated rings. The van der Waals surface area contributed by atoms with Gasteiger partial charge in [-0.3, -0.25) is 4.90 Å². The summed E-state index contributed by atoms with van der Waals surface area (Å²) in [5, 5.41) is 0. The summed E-state index contributed by atoms with van der Waals surface area (Å²) >= 11 is 0. The first-order chi connectivity index (χ1) is 6.74. The van der Waals surface area contributed by atoms with E-state index in [0.717, 1.165) is 5.56 Å². The number of nitrogens with zero attached hydrogens (tertiary/aromatic N) is 1. The molecule has 64 valence electrons. The van der Waals surface area contributed by atoms with Crippen molar-refractivity contribution in [1.82, 2.24) is 4.90 Å². The van der Waals surface area contributed by atoms with E-state index in [1.807, 2.05) is 30.3 Å². The van der Waals surface area contributed by atoms with Crippen LogP contribution in [0.2, 0.25) is 0 Å². The van der Waals surface area contributed by atoms with Crippen LogP contribution >= 0.6 is 0 Å². The Hall–Kier alpha value is -1.08. The SMILES string of the molecule is [2H]C([2H])N(CC=C)Cc1ccccc1. The average molecular weight is 163 g/mol. The molecule has 0 bridgehead atoms. The van der Waals surface area contributed by atoms with Crippen molar-refractivity contribution in [3.63, 3.8) is 0 Å². The number of benzene rings is 1. The Balaban J connectivity index is 2.60. The molecular weight excluding hydrogens is 146 g/mol. The van der Waals surface area contributed by atoms with Crippen molar-refractivity contribution in [1.29, 1.82) is 0 Å². The minimum atomic E-state index is -0.937. The molecule has 0 heterocycles. The third-order valence-corrected chi connectivity index (χ3v) is 1.59. The van der Waals surface area contributed by atoms with E-state index in [4.69, 9.17) is 2.74 Å². The quantitative estimate of drug-likeness (QED) is 0.616. The Morgan fingerprint density at radius 1 is 1.50 bits per heavy atom. The van der Waals surface area contributed by atoms with Crippen LogP contribution in [0.3, 0.4) is 0 Å². The average Bonchev–Trinajstić information content (AvgIpc) is 2.18. The normalized spacial score (nSPS) is 12.8. The number of hydrogen-bond donors (Lipinski definition) is 0. The van der Waals surface area contributed by atoms with E-state index < -0.39 is 7.00 Å². The van der Waals surface area contributed by atoms with Crippen LogP contribution in [-0.4, -0.2) is 18.4 Å². The molecule has 1 nitrogen and oxygen atoms in total. The van der Waals surface area contributed by atoms with Crippen molar-refractivity contribution in [3.05, 3.63) is 48.6 Å². The van der Waals surface area contributed by atoms with Gasteiger partial charge >= 0.3 is 0 Å². The number of rotatable bonds is 4. The van der Waals surface area contributed by atoms with E-state index in [0.29, 0.717) is 13.1 Å². The molecule has 0 saturated heterocycles. The summed E-state index contributed by atoms with van der Waals surface area (Å²) in [4.78, 5) is 1.72. The lowest BCUT2D eigenvalue weighted by molar-refractivity contribution is 0.363. The van der Waals surface area contributed by atoms with Crippen LogP contribution in [0.25, 0.3) is 0 Å². The standard InChI is InChI=1S/C11H15N/c1-3-9-12(2)10-11-7-5-4-6-8-11/h3-8H,1,9-10H2,2H3/i2D2. The molecule has 0 aliphatic heterocycles. The molecule has 1 rings (SSSR count). The van der Waals surface area contributed by atoms with E-state index in [1.165, 1.54) is 0 Å². The van der Waals surface area contributed by atoms with Crippen molar-refractivity contribution in [2.45, 2.75) is 6.54 Å². The van der Waals surface area contributed by atoms with Gasteiger partial charge < -0.3 is 0 Å². The van der Waals surface area contributed by atoms with Crippen molar-refractivity contribution in [2.75, 3.05) is 13.5 Å². The van der Waals surface area contributed by atoms with E-state index in [2.05, 4.69) is 6.58 Å². The monoisotopic (exact) mass is 163 g/mol. The smallest absolute Gasteiger partial charge is 0.0394 e. The predicted octanol–water partition coefficient (Wildman–Crippen LogP) is 2.30. The fourth-order valence-electron chi connectivity index (χ4n) is 1.05. The van der Waals surface area contributed by atoms with Gasteiger partial charge in [0.15, 0.2) is 0 Å². The van der Waals surface area contributed by atoms with Gasteiger partial charge in [0.2, 0.25) is 0 Å². The molecule has 0 saturated carbocycles. The van der Waals surface area contributed by atoms with Gasteiger partial charge in [-0.05, 0) is 12.6 Å². The lowest BCUT2D eigenvalue weighted by Gasteiger charge is -2.13. The van der Waals surface area contributed by atoms with Crippen LogP contribution in [0.15, 0.2) is 43.0 Å². The van der Waals surface area contributed by atoms with Crippen molar-refractivity contribution in [2.24, 2.45) is 0 Å². The molecule has 1 aromatic rings.